The number of rotatable bonds is 4. The first-order chi connectivity index (χ1) is 13.9. The summed E-state index contributed by atoms with van der Waals surface area (Å²) >= 11 is 1.13. The number of nitrogens with zero attached hydrogens (tertiary/aromatic N) is 1. The van der Waals surface area contributed by atoms with Crippen molar-refractivity contribution in [3.8, 4) is 10.6 Å². The van der Waals surface area contributed by atoms with Gasteiger partial charge in [-0.1, -0.05) is 24.3 Å². The minimum atomic E-state index is -0.383. The fraction of sp³-hybridized carbons (Fsp3) is 0.136. The van der Waals surface area contributed by atoms with Gasteiger partial charge < -0.3 is 10.3 Å². The lowest BCUT2D eigenvalue weighted by Gasteiger charge is -2.06. The van der Waals surface area contributed by atoms with Crippen LogP contribution in [-0.2, 0) is 6.54 Å². The maximum atomic E-state index is 14.0. The van der Waals surface area contributed by atoms with E-state index >= 15 is 0 Å². The van der Waals surface area contributed by atoms with Gasteiger partial charge >= 0.3 is 0 Å². The van der Waals surface area contributed by atoms with E-state index in [1.807, 2.05) is 25.1 Å². The number of hydrogen-bond acceptors (Lipinski definition) is 4. The van der Waals surface area contributed by atoms with E-state index in [1.165, 1.54) is 6.07 Å². The molecule has 1 amide bonds. The average Bonchev–Trinajstić information content (AvgIpc) is 3.08. The Kier molecular flexibility index (Phi) is 4.98. The third-order valence-corrected chi connectivity index (χ3v) is 5.81. The van der Waals surface area contributed by atoms with Crippen LogP contribution in [-0.4, -0.2) is 15.9 Å². The van der Waals surface area contributed by atoms with Crippen LogP contribution in [0.2, 0.25) is 0 Å². The first-order valence-electron chi connectivity index (χ1n) is 9.05. The van der Waals surface area contributed by atoms with E-state index in [4.69, 9.17) is 0 Å². The number of pyridine rings is 1. The minimum Gasteiger partial charge on any atom is -0.347 e. The molecular formula is C22H18FN3O2S. The molecule has 0 aliphatic rings. The lowest BCUT2D eigenvalue weighted by molar-refractivity contribution is 0.0954. The van der Waals surface area contributed by atoms with Gasteiger partial charge in [-0.2, -0.15) is 0 Å². The molecule has 7 heteroatoms. The van der Waals surface area contributed by atoms with Gasteiger partial charge in [0.2, 0.25) is 0 Å². The summed E-state index contributed by atoms with van der Waals surface area (Å²) in [7, 11) is 0. The minimum absolute atomic E-state index is 0.0877. The molecule has 0 saturated carbocycles. The summed E-state index contributed by atoms with van der Waals surface area (Å²) in [4.78, 5) is 32.6. The number of thiazole rings is 1. The van der Waals surface area contributed by atoms with Gasteiger partial charge in [0.05, 0.1) is 5.69 Å². The molecule has 0 unspecified atom stereocenters. The maximum Gasteiger partial charge on any atom is 0.263 e. The molecular weight excluding hydrogens is 389 g/mol. The number of fused-ring (bicyclic) bond motifs is 1. The number of aromatic nitrogens is 2. The molecule has 5 nitrogen and oxygen atoms in total. The molecule has 0 aliphatic carbocycles. The Hall–Kier alpha value is -3.32. The Bertz CT molecular complexity index is 1290. The Balaban J connectivity index is 1.56. The fourth-order valence-corrected chi connectivity index (χ4v) is 4.11. The number of halogens is 1. The summed E-state index contributed by atoms with van der Waals surface area (Å²) in [5, 5.41) is 4.12. The number of aromatic amines is 1. The van der Waals surface area contributed by atoms with Crippen molar-refractivity contribution in [2.24, 2.45) is 0 Å². The van der Waals surface area contributed by atoms with Crippen LogP contribution in [0.4, 0.5) is 4.39 Å². The largest absolute Gasteiger partial charge is 0.347 e. The average molecular weight is 407 g/mol. The zero-order valence-corrected chi connectivity index (χ0v) is 16.7. The summed E-state index contributed by atoms with van der Waals surface area (Å²) in [6, 6.07) is 13.9. The van der Waals surface area contributed by atoms with Crippen LogP contribution >= 0.6 is 11.3 Å². The maximum absolute atomic E-state index is 14.0. The highest BCUT2D eigenvalue weighted by Gasteiger charge is 2.18. The third-order valence-electron chi connectivity index (χ3n) is 4.62. The van der Waals surface area contributed by atoms with E-state index in [9.17, 15) is 14.0 Å². The number of nitrogens with one attached hydrogen (secondary N) is 2. The highest BCUT2D eigenvalue weighted by molar-refractivity contribution is 7.17. The summed E-state index contributed by atoms with van der Waals surface area (Å²) in [6.45, 7) is 3.75. The summed E-state index contributed by atoms with van der Waals surface area (Å²) in [5.74, 6) is -0.725. The predicted octanol–water partition coefficient (Wildman–Crippen LogP) is 4.34. The smallest absolute Gasteiger partial charge is 0.263 e. The Labute approximate surface area is 170 Å². The van der Waals surface area contributed by atoms with Crippen molar-refractivity contribution < 1.29 is 9.18 Å². The van der Waals surface area contributed by atoms with Gasteiger partial charge in [-0.25, -0.2) is 9.37 Å². The fourth-order valence-electron chi connectivity index (χ4n) is 3.10. The van der Waals surface area contributed by atoms with Crippen molar-refractivity contribution in [1.82, 2.24) is 15.3 Å². The van der Waals surface area contributed by atoms with Crippen molar-refractivity contribution >= 4 is 28.1 Å². The Morgan fingerprint density at radius 2 is 1.97 bits per heavy atom. The molecule has 0 bridgehead atoms. The van der Waals surface area contributed by atoms with Gasteiger partial charge in [-0.05, 0) is 49.1 Å². The van der Waals surface area contributed by atoms with Crippen LogP contribution in [0.1, 0.15) is 26.5 Å². The number of benzene rings is 2. The Morgan fingerprint density at radius 3 is 2.76 bits per heavy atom. The molecule has 29 heavy (non-hydrogen) atoms. The van der Waals surface area contributed by atoms with Crippen LogP contribution in [0.15, 0.2) is 53.3 Å². The molecule has 2 aromatic heterocycles. The van der Waals surface area contributed by atoms with Crippen molar-refractivity contribution in [3.05, 3.63) is 86.4 Å². The van der Waals surface area contributed by atoms with E-state index in [-0.39, 0.29) is 23.8 Å². The number of H-pyrrole nitrogens is 1. The van der Waals surface area contributed by atoms with E-state index in [0.29, 0.717) is 26.7 Å². The normalized spacial score (nSPS) is 11.0. The molecule has 0 fully saturated rings. The first kappa shape index (κ1) is 19.0. The van der Waals surface area contributed by atoms with Crippen LogP contribution in [0.5, 0.6) is 0 Å². The molecule has 0 aliphatic heterocycles. The molecule has 0 saturated heterocycles. The van der Waals surface area contributed by atoms with Gasteiger partial charge in [-0.15, -0.1) is 11.3 Å². The molecule has 2 heterocycles. The molecule has 2 aromatic carbocycles. The molecule has 146 valence electrons. The monoisotopic (exact) mass is 407 g/mol. The first-order valence-corrected chi connectivity index (χ1v) is 9.87. The summed E-state index contributed by atoms with van der Waals surface area (Å²) in [6.07, 6.45) is 0. The second-order valence-electron chi connectivity index (χ2n) is 6.81. The highest BCUT2D eigenvalue weighted by atomic mass is 32.1. The van der Waals surface area contributed by atoms with Crippen LogP contribution in [0.3, 0.4) is 0 Å². The van der Waals surface area contributed by atoms with Crippen molar-refractivity contribution in [3.63, 3.8) is 0 Å². The summed E-state index contributed by atoms with van der Waals surface area (Å²) in [5.41, 5.74) is 2.93. The van der Waals surface area contributed by atoms with Gasteiger partial charge in [-0.3, -0.25) is 9.59 Å². The quantitative estimate of drug-likeness (QED) is 0.529. The van der Waals surface area contributed by atoms with E-state index in [1.54, 1.807) is 31.2 Å². The zero-order chi connectivity index (χ0) is 20.5. The molecule has 2 N–H and O–H groups in total. The second-order valence-corrected chi connectivity index (χ2v) is 7.81. The Morgan fingerprint density at radius 1 is 1.17 bits per heavy atom. The lowest BCUT2D eigenvalue weighted by atomic mass is 10.1. The third kappa shape index (κ3) is 3.82. The predicted molar refractivity (Wildman–Crippen MR) is 113 cm³/mol. The van der Waals surface area contributed by atoms with E-state index in [2.05, 4.69) is 15.3 Å². The molecule has 0 spiro atoms. The number of aryl methyl sites for hydroxylation is 2. The van der Waals surface area contributed by atoms with Crippen LogP contribution in [0, 0.1) is 19.7 Å². The van der Waals surface area contributed by atoms with E-state index < -0.39 is 0 Å². The number of carbonyl (C=O) groups is 1. The topological polar surface area (TPSA) is 74.8 Å². The van der Waals surface area contributed by atoms with Crippen LogP contribution < -0.4 is 10.9 Å². The highest BCUT2D eigenvalue weighted by Crippen LogP contribution is 2.29. The SMILES string of the molecule is Cc1ccc2cc(CNC(=O)c3sc(-c4ccccc4F)nc3C)c(=O)[nH]c2c1. The van der Waals surface area contributed by atoms with Gasteiger partial charge in [0.25, 0.3) is 11.5 Å². The molecule has 4 rings (SSSR count). The van der Waals surface area contributed by atoms with E-state index in [0.717, 1.165) is 27.8 Å². The van der Waals surface area contributed by atoms with Gasteiger partial charge in [0.1, 0.15) is 15.7 Å². The number of hydrogen-bond donors (Lipinski definition) is 2. The van der Waals surface area contributed by atoms with Crippen molar-refractivity contribution in [2.45, 2.75) is 20.4 Å². The molecule has 0 radical (unpaired) electrons. The van der Waals surface area contributed by atoms with Gasteiger partial charge in [0, 0.05) is 23.2 Å². The molecule has 0 atom stereocenters. The van der Waals surface area contributed by atoms with Gasteiger partial charge in [0.15, 0.2) is 0 Å². The lowest BCUT2D eigenvalue weighted by Crippen LogP contribution is -2.26. The van der Waals surface area contributed by atoms with Crippen molar-refractivity contribution in [1.29, 1.82) is 0 Å². The van der Waals surface area contributed by atoms with Crippen molar-refractivity contribution in [2.75, 3.05) is 0 Å². The number of carbonyl (C=O) groups excluding carboxylic acids is 1. The zero-order valence-electron chi connectivity index (χ0n) is 15.9. The summed E-state index contributed by atoms with van der Waals surface area (Å²) < 4.78 is 14.0. The second kappa shape index (κ2) is 7.60. The van der Waals surface area contributed by atoms with Crippen LogP contribution in [0.25, 0.3) is 21.5 Å². The standard InChI is InChI=1S/C22H18FN3O2S/c1-12-7-8-14-10-15(20(27)26-18(14)9-12)11-24-21(28)19-13(2)25-22(29-19)16-5-3-4-6-17(16)23/h3-10H,11H2,1-2H3,(H,24,28)(H,26,27). The molecule has 4 aromatic rings. The number of amides is 1.